The van der Waals surface area contributed by atoms with Gasteiger partial charge in [-0.1, -0.05) is 79.5 Å². The zero-order valence-electron chi connectivity index (χ0n) is 25.4. The summed E-state index contributed by atoms with van der Waals surface area (Å²) in [6.07, 6.45) is 1.06. The second kappa shape index (κ2) is 14.3. The lowest BCUT2D eigenvalue weighted by Gasteiger charge is -2.41. The Kier molecular flexibility index (Phi) is 10.7. The summed E-state index contributed by atoms with van der Waals surface area (Å²) in [5, 5.41) is 10.5. The molecule has 0 saturated heterocycles. The molecule has 3 aromatic carbocycles. The van der Waals surface area contributed by atoms with Crippen LogP contribution in [0.1, 0.15) is 37.5 Å². The van der Waals surface area contributed by atoms with E-state index >= 15 is 0 Å². The molecule has 0 bridgehead atoms. The molecule has 0 fully saturated rings. The summed E-state index contributed by atoms with van der Waals surface area (Å²) in [5.74, 6) is -5.32. The first-order chi connectivity index (χ1) is 21.7. The first-order valence-electron chi connectivity index (χ1n) is 14.4. The van der Waals surface area contributed by atoms with Gasteiger partial charge in [0.05, 0.1) is 12.2 Å². The molecule has 12 heteroatoms. The van der Waals surface area contributed by atoms with Crippen LogP contribution in [0.15, 0.2) is 79.0 Å². The topological polar surface area (TPSA) is 147 Å². The Morgan fingerprint density at radius 2 is 1.61 bits per heavy atom. The van der Waals surface area contributed by atoms with E-state index in [9.17, 15) is 29.1 Å². The molecular formula is C34H33Cl2N3O7. The van der Waals surface area contributed by atoms with Crippen LogP contribution in [-0.2, 0) is 37.0 Å². The van der Waals surface area contributed by atoms with Crippen molar-refractivity contribution >= 4 is 58.2 Å². The Morgan fingerprint density at radius 3 is 2.20 bits per heavy atom. The van der Waals surface area contributed by atoms with Gasteiger partial charge in [0.15, 0.2) is 11.3 Å². The van der Waals surface area contributed by atoms with Crippen molar-refractivity contribution < 1.29 is 33.8 Å². The summed E-state index contributed by atoms with van der Waals surface area (Å²) in [4.78, 5) is 68.0. The summed E-state index contributed by atoms with van der Waals surface area (Å²) in [6.45, 7) is 4.22. The molecule has 240 valence electrons. The molecular weight excluding hydrogens is 633 g/mol. The Bertz CT molecular complexity index is 1690. The number of halogens is 2. The number of Topliss-reactive ketones (excluding diaryl/α,β-unsaturated/α-hetero) is 2. The number of hydrogen-bond donors (Lipinski definition) is 2. The Morgan fingerprint density at radius 1 is 0.957 bits per heavy atom. The average Bonchev–Trinajstić information content (AvgIpc) is 3.00. The maximum atomic E-state index is 14.1. The molecule has 0 unspecified atom stereocenters. The third kappa shape index (κ3) is 7.64. The number of benzene rings is 3. The average molecular weight is 667 g/mol. The molecule has 1 aliphatic rings. The number of aliphatic carboxylic acids is 1. The molecule has 0 saturated carbocycles. The van der Waals surface area contributed by atoms with Gasteiger partial charge in [0.2, 0.25) is 5.91 Å². The SMILES string of the molecule is CC(=O)N1C=C(c2cccc(OCc3cc(Cl)cc(Cl)c3)c2)N(CC(=O)[C@@](N)(Cc2ccccc2)C(=O)C(=O)O)C(=O)[C@H]1C(C)C. The highest BCUT2D eigenvalue weighted by molar-refractivity contribution is 6.42. The fourth-order valence-corrected chi connectivity index (χ4v) is 5.84. The van der Waals surface area contributed by atoms with Gasteiger partial charge in [-0.05, 0) is 47.4 Å². The van der Waals surface area contributed by atoms with Gasteiger partial charge in [-0.15, -0.1) is 0 Å². The highest BCUT2D eigenvalue weighted by Crippen LogP contribution is 2.33. The summed E-state index contributed by atoms with van der Waals surface area (Å²) in [6, 6.07) is 19.0. The van der Waals surface area contributed by atoms with Crippen molar-refractivity contribution in [3.63, 3.8) is 0 Å². The number of rotatable bonds is 12. The Labute approximate surface area is 276 Å². The monoisotopic (exact) mass is 665 g/mol. The van der Waals surface area contributed by atoms with Gasteiger partial charge in [0, 0.05) is 35.2 Å². The van der Waals surface area contributed by atoms with Gasteiger partial charge < -0.3 is 25.4 Å². The highest BCUT2D eigenvalue weighted by atomic mass is 35.5. The van der Waals surface area contributed by atoms with Crippen LogP contribution in [0.2, 0.25) is 10.0 Å². The number of carbonyl (C=O) groups excluding carboxylic acids is 4. The van der Waals surface area contributed by atoms with Crippen LogP contribution in [0.4, 0.5) is 0 Å². The van der Waals surface area contributed by atoms with Crippen LogP contribution < -0.4 is 10.5 Å². The zero-order valence-corrected chi connectivity index (χ0v) is 26.9. The molecule has 10 nitrogen and oxygen atoms in total. The van der Waals surface area contributed by atoms with Gasteiger partial charge in [-0.2, -0.15) is 0 Å². The quantitative estimate of drug-likeness (QED) is 0.208. The fourth-order valence-electron chi connectivity index (χ4n) is 5.27. The van der Waals surface area contributed by atoms with E-state index in [0.717, 1.165) is 4.90 Å². The van der Waals surface area contributed by atoms with E-state index < -0.39 is 53.9 Å². The van der Waals surface area contributed by atoms with Crippen LogP contribution in [0.3, 0.4) is 0 Å². The molecule has 0 aromatic heterocycles. The smallest absolute Gasteiger partial charge is 0.374 e. The molecule has 3 aromatic rings. The molecule has 46 heavy (non-hydrogen) atoms. The third-order valence-electron chi connectivity index (χ3n) is 7.55. The Hall–Kier alpha value is -4.51. The lowest BCUT2D eigenvalue weighted by Crippen LogP contribution is -2.63. The molecule has 0 radical (unpaired) electrons. The summed E-state index contributed by atoms with van der Waals surface area (Å²) < 4.78 is 5.96. The number of carbonyl (C=O) groups is 5. The number of ketones is 2. The molecule has 0 aliphatic carbocycles. The predicted octanol–water partition coefficient (Wildman–Crippen LogP) is 4.75. The number of hydrogen-bond acceptors (Lipinski definition) is 7. The zero-order chi connectivity index (χ0) is 33.8. The molecule has 0 spiro atoms. The van der Waals surface area contributed by atoms with Crippen molar-refractivity contribution in [1.29, 1.82) is 0 Å². The Balaban J connectivity index is 1.74. The predicted molar refractivity (Wildman–Crippen MR) is 173 cm³/mol. The molecule has 4 rings (SSSR count). The largest absolute Gasteiger partial charge is 0.489 e. The van der Waals surface area contributed by atoms with E-state index in [4.69, 9.17) is 33.7 Å². The van der Waals surface area contributed by atoms with Gasteiger partial charge >= 0.3 is 5.97 Å². The highest BCUT2D eigenvalue weighted by Gasteiger charge is 2.48. The molecule has 1 aliphatic heterocycles. The van der Waals surface area contributed by atoms with E-state index in [2.05, 4.69) is 0 Å². The summed E-state index contributed by atoms with van der Waals surface area (Å²) in [5.41, 5.74) is 5.60. The van der Waals surface area contributed by atoms with Crippen molar-refractivity contribution in [3.8, 4) is 5.75 Å². The maximum absolute atomic E-state index is 14.1. The molecule has 1 heterocycles. The minimum Gasteiger partial charge on any atom is -0.489 e. The van der Waals surface area contributed by atoms with E-state index in [1.165, 1.54) is 18.0 Å². The first kappa shape index (κ1) is 34.4. The normalized spacial score (nSPS) is 16.1. The number of carboxylic acids is 1. The van der Waals surface area contributed by atoms with E-state index in [0.29, 0.717) is 32.5 Å². The molecule has 3 N–H and O–H groups in total. The minimum atomic E-state index is -2.48. The number of nitrogens with two attached hydrogens (primary N) is 1. The third-order valence-corrected chi connectivity index (χ3v) is 7.98. The lowest BCUT2D eigenvalue weighted by molar-refractivity contribution is -0.154. The van der Waals surface area contributed by atoms with Crippen LogP contribution in [0.5, 0.6) is 5.75 Å². The first-order valence-corrected chi connectivity index (χ1v) is 15.1. The number of nitrogens with zero attached hydrogens (tertiary/aromatic N) is 2. The second-order valence-electron chi connectivity index (χ2n) is 11.3. The minimum absolute atomic E-state index is 0.116. The number of ether oxygens (including phenoxy) is 1. The van der Waals surface area contributed by atoms with E-state index in [-0.39, 0.29) is 18.2 Å². The van der Waals surface area contributed by atoms with Crippen LogP contribution >= 0.6 is 23.2 Å². The fraction of sp³-hybridized carbons (Fsp3) is 0.265. The number of carboxylic acid groups (broad SMARTS) is 1. The van der Waals surface area contributed by atoms with Gasteiger partial charge in [0.25, 0.3) is 11.7 Å². The van der Waals surface area contributed by atoms with Gasteiger partial charge in [0.1, 0.15) is 18.4 Å². The van der Waals surface area contributed by atoms with Crippen LogP contribution in [0.25, 0.3) is 5.70 Å². The van der Waals surface area contributed by atoms with Crippen molar-refractivity contribution in [2.75, 3.05) is 6.54 Å². The number of amides is 2. The van der Waals surface area contributed by atoms with Gasteiger partial charge in [-0.3, -0.25) is 19.2 Å². The molecule has 2 atom stereocenters. The summed E-state index contributed by atoms with van der Waals surface area (Å²) in [7, 11) is 0. The van der Waals surface area contributed by atoms with E-state index in [1.807, 2.05) is 0 Å². The summed E-state index contributed by atoms with van der Waals surface area (Å²) >= 11 is 12.2. The maximum Gasteiger partial charge on any atom is 0.374 e. The van der Waals surface area contributed by atoms with Crippen molar-refractivity contribution in [3.05, 3.63) is 106 Å². The van der Waals surface area contributed by atoms with E-state index in [1.54, 1.807) is 86.6 Å². The lowest BCUT2D eigenvalue weighted by atomic mass is 9.82. The second-order valence-corrected chi connectivity index (χ2v) is 12.2. The van der Waals surface area contributed by atoms with Crippen molar-refractivity contribution in [2.24, 2.45) is 11.7 Å². The van der Waals surface area contributed by atoms with Gasteiger partial charge in [-0.25, -0.2) is 4.79 Å². The van der Waals surface area contributed by atoms with Crippen molar-refractivity contribution in [2.45, 2.75) is 45.4 Å². The standard InChI is InChI=1S/C34H33Cl2N3O7/c1-20(2)30-32(43)39(18-29(41)34(37,31(42)33(44)45)16-22-8-5-4-6-9-22)28(17-38(30)21(3)40)24-10-7-11-27(14-24)46-19-23-12-25(35)15-26(36)13-23/h4-15,17,20,30H,16,18-19,37H2,1-3H3,(H,44,45)/t30-,34+/m1/s1. The molecule has 2 amide bonds. The van der Waals surface area contributed by atoms with Crippen molar-refractivity contribution in [1.82, 2.24) is 9.80 Å². The van der Waals surface area contributed by atoms with Crippen LogP contribution in [0, 0.1) is 5.92 Å². The van der Waals surface area contributed by atoms with Crippen LogP contribution in [-0.4, -0.2) is 62.4 Å².